The van der Waals surface area contributed by atoms with Crippen LogP contribution in [-0.2, 0) is 0 Å². The number of likely N-dealkylation sites (N-methyl/N-ethyl adjacent to an activating group) is 1. The van der Waals surface area contributed by atoms with Crippen LogP contribution in [0.1, 0.15) is 47.0 Å². The molecule has 0 aliphatic heterocycles. The van der Waals surface area contributed by atoms with Gasteiger partial charge in [-0.1, -0.05) is 20.3 Å². The van der Waals surface area contributed by atoms with Crippen molar-refractivity contribution in [3.8, 4) is 0 Å². The molecule has 2 nitrogen and oxygen atoms in total. The van der Waals surface area contributed by atoms with Gasteiger partial charge in [0.2, 0.25) is 0 Å². The molecule has 0 spiro atoms. The molecule has 1 aliphatic carbocycles. The first-order chi connectivity index (χ1) is 6.59. The molecule has 0 amide bonds. The van der Waals surface area contributed by atoms with Crippen molar-refractivity contribution in [1.29, 1.82) is 0 Å². The summed E-state index contributed by atoms with van der Waals surface area (Å²) < 4.78 is 0. The molecule has 84 valence electrons. The summed E-state index contributed by atoms with van der Waals surface area (Å²) in [6.45, 7) is 11.1. The Kier molecular flexibility index (Phi) is 4.39. The van der Waals surface area contributed by atoms with E-state index in [0.29, 0.717) is 0 Å². The van der Waals surface area contributed by atoms with Crippen molar-refractivity contribution in [2.75, 3.05) is 13.1 Å². The summed E-state index contributed by atoms with van der Waals surface area (Å²) in [6.07, 6.45) is 4.13. The van der Waals surface area contributed by atoms with Gasteiger partial charge in [-0.25, -0.2) is 0 Å². The van der Waals surface area contributed by atoms with Crippen molar-refractivity contribution in [3.05, 3.63) is 0 Å². The van der Waals surface area contributed by atoms with Crippen molar-refractivity contribution in [2.24, 2.45) is 5.92 Å². The monoisotopic (exact) mass is 198 g/mol. The zero-order valence-electron chi connectivity index (χ0n) is 10.2. The highest BCUT2D eigenvalue weighted by Gasteiger charge is 2.36. The summed E-state index contributed by atoms with van der Waals surface area (Å²) in [5.74, 6) is 0.970. The Morgan fingerprint density at radius 3 is 2.57 bits per heavy atom. The Balaban J connectivity index is 2.09. The highest BCUT2D eigenvalue weighted by Crippen LogP contribution is 2.34. The van der Waals surface area contributed by atoms with E-state index in [1.807, 2.05) is 0 Å². The van der Waals surface area contributed by atoms with Crippen LogP contribution in [0.15, 0.2) is 0 Å². The minimum Gasteiger partial charge on any atom is -0.312 e. The number of hydrogen-bond donors (Lipinski definition) is 2. The molecule has 0 heterocycles. The van der Waals surface area contributed by atoms with Gasteiger partial charge in [0.25, 0.3) is 0 Å². The third-order valence-corrected chi connectivity index (χ3v) is 3.04. The van der Waals surface area contributed by atoms with Crippen LogP contribution in [0, 0.1) is 5.92 Å². The van der Waals surface area contributed by atoms with Crippen molar-refractivity contribution in [3.63, 3.8) is 0 Å². The maximum atomic E-state index is 3.65. The lowest BCUT2D eigenvalue weighted by molar-refractivity contribution is 0.368. The third-order valence-electron chi connectivity index (χ3n) is 3.04. The van der Waals surface area contributed by atoms with Crippen LogP contribution >= 0.6 is 0 Å². The number of nitrogens with one attached hydrogen (secondary N) is 2. The summed E-state index contributed by atoms with van der Waals surface area (Å²) in [4.78, 5) is 0. The second kappa shape index (κ2) is 5.13. The summed E-state index contributed by atoms with van der Waals surface area (Å²) in [5, 5.41) is 7.14. The smallest absolute Gasteiger partial charge is 0.0249 e. The molecule has 2 N–H and O–H groups in total. The van der Waals surface area contributed by atoms with Gasteiger partial charge in [0, 0.05) is 18.1 Å². The molecule has 0 bridgehead atoms. The first-order valence-corrected chi connectivity index (χ1v) is 6.07. The lowest BCUT2D eigenvalue weighted by Gasteiger charge is -2.26. The molecule has 1 saturated carbocycles. The summed E-state index contributed by atoms with van der Waals surface area (Å²) >= 11 is 0. The fraction of sp³-hybridized carbons (Fsp3) is 1.00. The van der Waals surface area contributed by atoms with Gasteiger partial charge < -0.3 is 10.6 Å². The number of rotatable bonds is 7. The van der Waals surface area contributed by atoms with E-state index < -0.39 is 0 Å². The maximum absolute atomic E-state index is 3.65. The Labute approximate surface area is 88.8 Å². The van der Waals surface area contributed by atoms with Gasteiger partial charge in [-0.15, -0.1) is 0 Å². The van der Waals surface area contributed by atoms with Crippen molar-refractivity contribution in [1.82, 2.24) is 10.6 Å². The molecule has 0 saturated heterocycles. The molecule has 1 aliphatic rings. The fourth-order valence-corrected chi connectivity index (χ4v) is 2.11. The molecule has 0 aromatic rings. The zero-order valence-corrected chi connectivity index (χ0v) is 10.2. The van der Waals surface area contributed by atoms with Gasteiger partial charge >= 0.3 is 0 Å². The molecule has 2 heteroatoms. The van der Waals surface area contributed by atoms with Crippen LogP contribution in [0.2, 0.25) is 0 Å². The van der Waals surface area contributed by atoms with E-state index in [1.165, 1.54) is 19.3 Å². The van der Waals surface area contributed by atoms with Gasteiger partial charge in [-0.3, -0.25) is 0 Å². The minimum atomic E-state index is 0.244. The number of hydrogen-bond acceptors (Lipinski definition) is 2. The minimum absolute atomic E-state index is 0.244. The van der Waals surface area contributed by atoms with Crippen molar-refractivity contribution >= 4 is 0 Å². The predicted molar refractivity (Wildman–Crippen MR) is 62.6 cm³/mol. The van der Waals surface area contributed by atoms with Gasteiger partial charge in [0.1, 0.15) is 0 Å². The lowest BCUT2D eigenvalue weighted by atomic mass is 10.1. The second-order valence-corrected chi connectivity index (χ2v) is 5.19. The SMILES string of the molecule is CCCC1CC1NCC(C)(C)NCC. The predicted octanol–water partition coefficient (Wildman–Crippen LogP) is 2.15. The van der Waals surface area contributed by atoms with Crippen LogP contribution in [-0.4, -0.2) is 24.7 Å². The molecule has 2 atom stereocenters. The van der Waals surface area contributed by atoms with E-state index in [4.69, 9.17) is 0 Å². The molecular weight excluding hydrogens is 172 g/mol. The normalized spacial score (nSPS) is 26.6. The van der Waals surface area contributed by atoms with E-state index in [2.05, 4.69) is 38.3 Å². The Hall–Kier alpha value is -0.0800. The molecule has 0 aromatic carbocycles. The van der Waals surface area contributed by atoms with Gasteiger partial charge in [0.15, 0.2) is 0 Å². The summed E-state index contributed by atoms with van der Waals surface area (Å²) in [5.41, 5.74) is 0.244. The van der Waals surface area contributed by atoms with Crippen LogP contribution in [0.25, 0.3) is 0 Å². The molecule has 0 aromatic heterocycles. The Bertz CT molecular complexity index is 166. The quantitative estimate of drug-likeness (QED) is 0.655. The third kappa shape index (κ3) is 3.97. The Morgan fingerprint density at radius 1 is 1.29 bits per heavy atom. The summed E-state index contributed by atoms with van der Waals surface area (Å²) in [6, 6.07) is 0.813. The van der Waals surface area contributed by atoms with E-state index in [1.54, 1.807) is 0 Å². The van der Waals surface area contributed by atoms with Crippen LogP contribution in [0.5, 0.6) is 0 Å². The average molecular weight is 198 g/mol. The zero-order chi connectivity index (χ0) is 10.6. The largest absolute Gasteiger partial charge is 0.312 e. The molecule has 2 unspecified atom stereocenters. The van der Waals surface area contributed by atoms with Gasteiger partial charge in [-0.2, -0.15) is 0 Å². The van der Waals surface area contributed by atoms with E-state index in [9.17, 15) is 0 Å². The van der Waals surface area contributed by atoms with Crippen LogP contribution in [0.3, 0.4) is 0 Å². The van der Waals surface area contributed by atoms with Gasteiger partial charge in [-0.05, 0) is 39.2 Å². The van der Waals surface area contributed by atoms with Crippen molar-refractivity contribution in [2.45, 2.75) is 58.5 Å². The van der Waals surface area contributed by atoms with Crippen molar-refractivity contribution < 1.29 is 0 Å². The first-order valence-electron chi connectivity index (χ1n) is 6.07. The standard InChI is InChI=1S/C12H26N2/c1-5-7-10-8-11(10)13-9-12(3,4)14-6-2/h10-11,13-14H,5-9H2,1-4H3. The maximum Gasteiger partial charge on any atom is 0.0249 e. The average Bonchev–Trinajstić information content (AvgIpc) is 2.81. The van der Waals surface area contributed by atoms with Crippen LogP contribution < -0.4 is 10.6 Å². The topological polar surface area (TPSA) is 24.1 Å². The first kappa shape index (κ1) is 12.0. The summed E-state index contributed by atoms with van der Waals surface area (Å²) in [7, 11) is 0. The van der Waals surface area contributed by atoms with E-state index >= 15 is 0 Å². The Morgan fingerprint density at radius 2 is 2.00 bits per heavy atom. The fourth-order valence-electron chi connectivity index (χ4n) is 2.11. The highest BCUT2D eigenvalue weighted by atomic mass is 15.1. The second-order valence-electron chi connectivity index (χ2n) is 5.19. The van der Waals surface area contributed by atoms with E-state index in [-0.39, 0.29) is 5.54 Å². The molecule has 1 fully saturated rings. The van der Waals surface area contributed by atoms with Gasteiger partial charge in [0.05, 0.1) is 0 Å². The molecule has 14 heavy (non-hydrogen) atoms. The molecule has 1 rings (SSSR count). The molecule has 0 radical (unpaired) electrons. The van der Waals surface area contributed by atoms with E-state index in [0.717, 1.165) is 25.0 Å². The highest BCUT2D eigenvalue weighted by molar-refractivity contribution is 4.94. The lowest BCUT2D eigenvalue weighted by Crippen LogP contribution is -2.48. The molecular formula is C12H26N2. The van der Waals surface area contributed by atoms with Crippen LogP contribution in [0.4, 0.5) is 0 Å².